The van der Waals surface area contributed by atoms with Gasteiger partial charge in [0, 0.05) is 5.56 Å². The van der Waals surface area contributed by atoms with Gasteiger partial charge in [-0.05, 0) is 47.5 Å². The molecule has 32 heavy (non-hydrogen) atoms. The van der Waals surface area contributed by atoms with Crippen molar-refractivity contribution < 1.29 is 18.8 Å². The van der Waals surface area contributed by atoms with Gasteiger partial charge in [0.1, 0.15) is 11.3 Å². The van der Waals surface area contributed by atoms with Crippen LogP contribution in [0.4, 0.5) is 4.79 Å². The fourth-order valence-corrected chi connectivity index (χ4v) is 3.99. The van der Waals surface area contributed by atoms with Crippen LogP contribution in [0.1, 0.15) is 18.3 Å². The van der Waals surface area contributed by atoms with E-state index in [1.807, 2.05) is 42.5 Å². The van der Waals surface area contributed by atoms with Crippen LogP contribution in [-0.2, 0) is 16.9 Å². The Morgan fingerprint density at radius 3 is 2.56 bits per heavy atom. The molecule has 4 aromatic rings. The van der Waals surface area contributed by atoms with Crippen LogP contribution in [0.5, 0.6) is 5.75 Å². The summed E-state index contributed by atoms with van der Waals surface area (Å²) >= 11 is 0. The number of benzene rings is 3. The third-order valence-electron chi connectivity index (χ3n) is 5.71. The third kappa shape index (κ3) is 3.17. The number of imide groups is 1. The van der Waals surface area contributed by atoms with Crippen molar-refractivity contribution in [2.45, 2.75) is 19.0 Å². The van der Waals surface area contributed by atoms with Crippen LogP contribution in [0.2, 0.25) is 0 Å². The number of nitrogens with one attached hydrogen (secondary N) is 1. The highest BCUT2D eigenvalue weighted by Crippen LogP contribution is 2.34. The molecule has 8 heteroatoms. The molecule has 2 heterocycles. The molecule has 3 aromatic carbocycles. The van der Waals surface area contributed by atoms with E-state index in [1.54, 1.807) is 38.3 Å². The van der Waals surface area contributed by atoms with E-state index in [0.29, 0.717) is 17.2 Å². The first-order valence-corrected chi connectivity index (χ1v) is 10.1. The number of carbonyl (C=O) groups excluding carboxylic acids is 2. The normalized spacial score (nSPS) is 18.2. The fourth-order valence-electron chi connectivity index (χ4n) is 3.99. The van der Waals surface area contributed by atoms with Gasteiger partial charge in [-0.15, -0.1) is 0 Å². The van der Waals surface area contributed by atoms with E-state index in [1.165, 1.54) is 0 Å². The molecule has 1 aliphatic heterocycles. The summed E-state index contributed by atoms with van der Waals surface area (Å²) in [5.74, 6) is 0.878. The van der Waals surface area contributed by atoms with Crippen molar-refractivity contribution >= 4 is 22.7 Å². The van der Waals surface area contributed by atoms with Crippen molar-refractivity contribution in [2.24, 2.45) is 0 Å². The Balaban J connectivity index is 1.42. The Morgan fingerprint density at radius 1 is 1.03 bits per heavy atom. The summed E-state index contributed by atoms with van der Waals surface area (Å²) in [6, 6.07) is 20.1. The van der Waals surface area contributed by atoms with Gasteiger partial charge in [0.05, 0.1) is 13.7 Å². The van der Waals surface area contributed by atoms with Crippen molar-refractivity contribution in [1.82, 2.24) is 20.4 Å². The Hall–Kier alpha value is -4.20. The number of aromatic nitrogens is 2. The van der Waals surface area contributed by atoms with Crippen LogP contribution in [0.3, 0.4) is 0 Å². The van der Waals surface area contributed by atoms with Gasteiger partial charge in [-0.2, -0.15) is 4.98 Å². The molecule has 1 fully saturated rings. The summed E-state index contributed by atoms with van der Waals surface area (Å²) in [5.41, 5.74) is 0.256. The highest BCUT2D eigenvalue weighted by Gasteiger charge is 2.49. The molecular weight excluding hydrogens is 408 g/mol. The second kappa shape index (κ2) is 7.49. The predicted octanol–water partition coefficient (Wildman–Crippen LogP) is 3.87. The molecule has 5 rings (SSSR count). The maximum Gasteiger partial charge on any atom is 0.325 e. The van der Waals surface area contributed by atoms with Crippen LogP contribution < -0.4 is 10.1 Å². The highest BCUT2D eigenvalue weighted by atomic mass is 16.5. The SMILES string of the molecule is COc1ccc(-c2nc(CN3C(=O)NC(C)(c4cccc5ccccc45)C3=O)no2)cc1. The summed E-state index contributed by atoms with van der Waals surface area (Å²) in [6.07, 6.45) is 0. The lowest BCUT2D eigenvalue weighted by Gasteiger charge is -2.23. The number of ether oxygens (including phenoxy) is 1. The van der Waals surface area contributed by atoms with E-state index in [2.05, 4.69) is 15.5 Å². The van der Waals surface area contributed by atoms with Crippen molar-refractivity contribution in [3.05, 3.63) is 78.1 Å². The summed E-state index contributed by atoms with van der Waals surface area (Å²) in [7, 11) is 1.59. The first kappa shape index (κ1) is 19.7. The number of nitrogens with zero attached hydrogens (tertiary/aromatic N) is 3. The van der Waals surface area contributed by atoms with Crippen LogP contribution in [0.15, 0.2) is 71.3 Å². The second-order valence-electron chi connectivity index (χ2n) is 7.72. The predicted molar refractivity (Wildman–Crippen MR) is 117 cm³/mol. The zero-order valence-corrected chi connectivity index (χ0v) is 17.5. The van der Waals surface area contributed by atoms with Gasteiger partial charge >= 0.3 is 6.03 Å². The molecule has 160 valence electrons. The van der Waals surface area contributed by atoms with Gasteiger partial charge in [0.2, 0.25) is 0 Å². The largest absolute Gasteiger partial charge is 0.497 e. The average molecular weight is 428 g/mol. The number of urea groups is 1. The van der Waals surface area contributed by atoms with Gasteiger partial charge in [0.25, 0.3) is 11.8 Å². The summed E-state index contributed by atoms with van der Waals surface area (Å²) in [4.78, 5) is 31.6. The van der Waals surface area contributed by atoms with Gasteiger partial charge in [-0.3, -0.25) is 9.69 Å². The number of methoxy groups -OCH3 is 1. The smallest absolute Gasteiger partial charge is 0.325 e. The van der Waals surface area contributed by atoms with E-state index >= 15 is 0 Å². The third-order valence-corrected chi connectivity index (χ3v) is 5.71. The van der Waals surface area contributed by atoms with E-state index in [-0.39, 0.29) is 18.3 Å². The molecule has 0 saturated carbocycles. The van der Waals surface area contributed by atoms with Crippen molar-refractivity contribution in [1.29, 1.82) is 0 Å². The molecule has 1 aromatic heterocycles. The molecule has 1 saturated heterocycles. The van der Waals surface area contributed by atoms with Gasteiger partial charge < -0.3 is 14.6 Å². The molecule has 3 amide bonds. The van der Waals surface area contributed by atoms with Crippen molar-refractivity contribution in [2.75, 3.05) is 7.11 Å². The lowest BCUT2D eigenvalue weighted by Crippen LogP contribution is -2.41. The zero-order chi connectivity index (χ0) is 22.3. The molecule has 1 N–H and O–H groups in total. The quantitative estimate of drug-likeness (QED) is 0.485. The van der Waals surface area contributed by atoms with Gasteiger partial charge in [0.15, 0.2) is 5.82 Å². The minimum absolute atomic E-state index is 0.0926. The Morgan fingerprint density at radius 2 is 1.78 bits per heavy atom. The molecular formula is C24H20N4O4. The van der Waals surface area contributed by atoms with Crippen molar-refractivity contribution in [3.8, 4) is 17.2 Å². The molecule has 0 spiro atoms. The Labute approximate surface area is 183 Å². The topological polar surface area (TPSA) is 97.6 Å². The minimum atomic E-state index is -1.19. The van der Waals surface area contributed by atoms with Crippen LogP contribution >= 0.6 is 0 Å². The molecule has 1 aliphatic rings. The summed E-state index contributed by atoms with van der Waals surface area (Å²) < 4.78 is 10.5. The molecule has 0 bridgehead atoms. The molecule has 1 atom stereocenters. The number of carbonyl (C=O) groups is 2. The average Bonchev–Trinajstić information content (AvgIpc) is 3.38. The first-order valence-electron chi connectivity index (χ1n) is 10.1. The fraction of sp³-hybridized carbons (Fsp3) is 0.167. The van der Waals surface area contributed by atoms with E-state index in [9.17, 15) is 9.59 Å². The monoisotopic (exact) mass is 428 g/mol. The lowest BCUT2D eigenvalue weighted by molar-refractivity contribution is -0.131. The summed E-state index contributed by atoms with van der Waals surface area (Å²) in [5, 5.41) is 8.70. The maximum atomic E-state index is 13.4. The number of hydrogen-bond donors (Lipinski definition) is 1. The molecule has 1 unspecified atom stereocenters. The summed E-state index contributed by atoms with van der Waals surface area (Å²) in [6.45, 7) is 1.62. The van der Waals surface area contributed by atoms with Gasteiger partial charge in [-0.25, -0.2) is 4.79 Å². The lowest BCUT2D eigenvalue weighted by atomic mass is 9.88. The van der Waals surface area contributed by atoms with E-state index in [4.69, 9.17) is 9.26 Å². The van der Waals surface area contributed by atoms with Gasteiger partial charge in [-0.1, -0.05) is 47.6 Å². The molecule has 0 aliphatic carbocycles. The second-order valence-corrected chi connectivity index (χ2v) is 7.72. The number of hydrogen-bond acceptors (Lipinski definition) is 6. The highest BCUT2D eigenvalue weighted by molar-refractivity contribution is 6.09. The molecule has 0 radical (unpaired) electrons. The number of rotatable bonds is 5. The number of fused-ring (bicyclic) bond motifs is 1. The Kier molecular flexibility index (Phi) is 4.62. The Bertz CT molecular complexity index is 1330. The molecule has 8 nitrogen and oxygen atoms in total. The van der Waals surface area contributed by atoms with Crippen LogP contribution in [-0.4, -0.2) is 34.1 Å². The van der Waals surface area contributed by atoms with Crippen LogP contribution in [0.25, 0.3) is 22.2 Å². The van der Waals surface area contributed by atoms with E-state index < -0.39 is 11.6 Å². The standard InChI is InChI=1S/C24H20N4O4/c1-24(19-9-5-7-15-6-3-4-8-18(15)19)22(29)28(23(30)26-24)14-20-25-21(32-27-20)16-10-12-17(31-2)13-11-16/h3-13H,14H2,1-2H3,(H,26,30). The first-order chi connectivity index (χ1) is 15.5. The zero-order valence-electron chi connectivity index (χ0n) is 17.5. The maximum absolute atomic E-state index is 13.4. The van der Waals surface area contributed by atoms with Crippen LogP contribution in [0, 0.1) is 0 Å². The van der Waals surface area contributed by atoms with Crippen molar-refractivity contribution in [3.63, 3.8) is 0 Å². The van der Waals surface area contributed by atoms with E-state index in [0.717, 1.165) is 21.2 Å². The minimum Gasteiger partial charge on any atom is -0.497 e. The number of amides is 3.